The van der Waals surface area contributed by atoms with Gasteiger partial charge in [-0.05, 0) is 36.2 Å². The third-order valence-electron chi connectivity index (χ3n) is 5.33. The van der Waals surface area contributed by atoms with E-state index < -0.39 is 0 Å². The minimum absolute atomic E-state index is 0.114. The third-order valence-corrected chi connectivity index (χ3v) is 5.57. The summed E-state index contributed by atoms with van der Waals surface area (Å²) in [6.07, 6.45) is 5.04. The number of ether oxygens (including phenoxy) is 1. The number of aromatic nitrogens is 5. The topological polar surface area (TPSA) is 99.2 Å². The van der Waals surface area contributed by atoms with E-state index in [1.807, 2.05) is 29.2 Å². The summed E-state index contributed by atoms with van der Waals surface area (Å²) in [5.74, 6) is 0.411. The summed E-state index contributed by atoms with van der Waals surface area (Å²) in [4.78, 5) is 21.0. The third kappa shape index (κ3) is 4.12. The lowest BCUT2D eigenvalue weighted by Crippen LogP contribution is -2.50. The van der Waals surface area contributed by atoms with E-state index in [4.69, 9.17) is 20.9 Å². The minimum Gasteiger partial charge on any atom is -0.377 e. The molecule has 32 heavy (non-hydrogen) atoms. The van der Waals surface area contributed by atoms with Gasteiger partial charge in [0.2, 0.25) is 12.2 Å². The van der Waals surface area contributed by atoms with E-state index in [1.165, 1.54) is 11.2 Å². The van der Waals surface area contributed by atoms with Crippen molar-refractivity contribution < 1.29 is 14.1 Å². The highest BCUT2D eigenvalue weighted by Crippen LogP contribution is 2.24. The van der Waals surface area contributed by atoms with Gasteiger partial charge in [-0.25, -0.2) is 0 Å². The van der Waals surface area contributed by atoms with Crippen molar-refractivity contribution in [2.75, 3.05) is 19.8 Å². The molecule has 0 radical (unpaired) electrons. The van der Waals surface area contributed by atoms with Crippen molar-refractivity contribution in [2.24, 2.45) is 0 Å². The lowest BCUT2D eigenvalue weighted by atomic mass is 10.0. The lowest BCUT2D eigenvalue weighted by Gasteiger charge is -2.36. The van der Waals surface area contributed by atoms with Crippen LogP contribution in [-0.2, 0) is 11.2 Å². The highest BCUT2D eigenvalue weighted by atomic mass is 35.5. The summed E-state index contributed by atoms with van der Waals surface area (Å²) < 4.78 is 10.6. The summed E-state index contributed by atoms with van der Waals surface area (Å²) in [6, 6.07) is 12.9. The molecule has 3 heterocycles. The largest absolute Gasteiger partial charge is 0.377 e. The van der Waals surface area contributed by atoms with E-state index in [1.54, 1.807) is 30.6 Å². The van der Waals surface area contributed by atoms with Crippen molar-refractivity contribution >= 4 is 17.5 Å². The van der Waals surface area contributed by atoms with E-state index in [2.05, 4.69) is 20.3 Å². The highest BCUT2D eigenvalue weighted by molar-refractivity contribution is 6.31. The van der Waals surface area contributed by atoms with Gasteiger partial charge >= 0.3 is 0 Å². The number of amides is 1. The first kappa shape index (κ1) is 20.3. The molecule has 1 aliphatic rings. The SMILES string of the molecule is O=C(c1ccc(Cl)cc1-n1nccn1)N1CCOCC1Cc1cccc(-c2ncon2)c1. The van der Waals surface area contributed by atoms with Crippen molar-refractivity contribution in [3.8, 4) is 17.1 Å². The Bertz CT molecular complexity index is 1210. The molecule has 2 aromatic heterocycles. The van der Waals surface area contributed by atoms with E-state index in [0.717, 1.165) is 11.1 Å². The Morgan fingerprint density at radius 3 is 2.84 bits per heavy atom. The van der Waals surface area contributed by atoms with Crippen molar-refractivity contribution in [3.63, 3.8) is 0 Å². The molecule has 1 unspecified atom stereocenters. The first-order chi connectivity index (χ1) is 15.7. The van der Waals surface area contributed by atoms with Crippen molar-refractivity contribution in [3.05, 3.63) is 77.4 Å². The van der Waals surface area contributed by atoms with Gasteiger partial charge in [0.15, 0.2) is 0 Å². The molecule has 4 aromatic rings. The quantitative estimate of drug-likeness (QED) is 0.460. The first-order valence-electron chi connectivity index (χ1n) is 10.1. The van der Waals surface area contributed by atoms with Crippen LogP contribution in [0.1, 0.15) is 15.9 Å². The molecule has 1 aliphatic heterocycles. The molecule has 9 nitrogen and oxygen atoms in total. The van der Waals surface area contributed by atoms with Gasteiger partial charge in [0.1, 0.15) is 0 Å². The van der Waals surface area contributed by atoms with Crippen LogP contribution >= 0.6 is 11.6 Å². The zero-order chi connectivity index (χ0) is 21.9. The normalized spacial score (nSPS) is 16.3. The Kier molecular flexibility index (Phi) is 5.66. The number of benzene rings is 2. The number of carbonyl (C=O) groups excluding carboxylic acids is 1. The van der Waals surface area contributed by atoms with Crippen LogP contribution in [0.3, 0.4) is 0 Å². The molecule has 0 aliphatic carbocycles. The maximum absolute atomic E-state index is 13.6. The van der Waals surface area contributed by atoms with Gasteiger partial charge in [-0.2, -0.15) is 20.0 Å². The zero-order valence-electron chi connectivity index (χ0n) is 17.0. The van der Waals surface area contributed by atoms with Crippen LogP contribution in [0.5, 0.6) is 0 Å². The molecule has 0 bridgehead atoms. The predicted octanol–water partition coefficient (Wildman–Crippen LogP) is 3.05. The van der Waals surface area contributed by atoms with Crippen molar-refractivity contribution in [1.29, 1.82) is 0 Å². The second kappa shape index (κ2) is 8.89. The van der Waals surface area contributed by atoms with Gasteiger partial charge in [0.05, 0.1) is 42.9 Å². The summed E-state index contributed by atoms with van der Waals surface area (Å²) in [5, 5.41) is 12.7. The Balaban J connectivity index is 1.42. The molecule has 1 fully saturated rings. The number of hydrogen-bond donors (Lipinski definition) is 0. The van der Waals surface area contributed by atoms with Gasteiger partial charge in [0.25, 0.3) is 5.91 Å². The Morgan fingerprint density at radius 2 is 2.03 bits per heavy atom. The van der Waals surface area contributed by atoms with E-state index in [9.17, 15) is 4.79 Å². The molecule has 0 spiro atoms. The van der Waals surface area contributed by atoms with Crippen LogP contribution in [0.4, 0.5) is 0 Å². The van der Waals surface area contributed by atoms with Crippen LogP contribution in [0.25, 0.3) is 17.1 Å². The van der Waals surface area contributed by atoms with Crippen LogP contribution in [0, 0.1) is 0 Å². The molecular weight excluding hydrogens is 432 g/mol. The molecule has 0 N–H and O–H groups in total. The van der Waals surface area contributed by atoms with Gasteiger partial charge in [-0.1, -0.05) is 35.0 Å². The van der Waals surface area contributed by atoms with Crippen LogP contribution in [0.2, 0.25) is 5.02 Å². The number of nitrogens with zero attached hydrogens (tertiary/aromatic N) is 6. The fourth-order valence-corrected chi connectivity index (χ4v) is 4.01. The molecular formula is C22H19ClN6O3. The van der Waals surface area contributed by atoms with E-state index in [-0.39, 0.29) is 11.9 Å². The molecule has 10 heteroatoms. The van der Waals surface area contributed by atoms with Crippen LogP contribution < -0.4 is 0 Å². The monoisotopic (exact) mass is 450 g/mol. The summed E-state index contributed by atoms with van der Waals surface area (Å²) in [5.41, 5.74) is 2.93. The molecule has 2 aromatic carbocycles. The molecule has 162 valence electrons. The molecule has 0 saturated carbocycles. The average Bonchev–Trinajstić information content (AvgIpc) is 3.54. The maximum atomic E-state index is 13.6. The van der Waals surface area contributed by atoms with Crippen LogP contribution in [-0.4, -0.2) is 61.7 Å². The number of hydrogen-bond acceptors (Lipinski definition) is 7. The van der Waals surface area contributed by atoms with E-state index in [0.29, 0.717) is 48.3 Å². The lowest BCUT2D eigenvalue weighted by molar-refractivity contribution is -0.00164. The average molecular weight is 451 g/mol. The number of morpholine rings is 1. The van der Waals surface area contributed by atoms with Gasteiger partial charge in [-0.3, -0.25) is 4.79 Å². The second-order valence-electron chi connectivity index (χ2n) is 7.37. The standard InChI is InChI=1S/C22H19ClN6O3/c23-17-4-5-19(20(12-17)29-25-6-7-26-29)22(30)28-8-9-31-13-18(28)11-15-2-1-3-16(10-15)21-24-14-32-27-21/h1-7,10,12,14,18H,8-9,11,13H2. The number of rotatable bonds is 5. The zero-order valence-corrected chi connectivity index (χ0v) is 17.7. The predicted molar refractivity (Wildman–Crippen MR) is 115 cm³/mol. The molecule has 1 atom stereocenters. The highest BCUT2D eigenvalue weighted by Gasteiger charge is 2.30. The Labute approximate surface area is 188 Å². The fraction of sp³-hybridized carbons (Fsp3) is 0.227. The summed E-state index contributed by atoms with van der Waals surface area (Å²) in [6.45, 7) is 1.41. The van der Waals surface area contributed by atoms with Crippen LogP contribution in [0.15, 0.2) is 65.8 Å². The summed E-state index contributed by atoms with van der Waals surface area (Å²) >= 11 is 6.19. The number of carbonyl (C=O) groups is 1. The molecule has 5 rings (SSSR count). The Hall–Kier alpha value is -3.56. The number of halogens is 1. The Morgan fingerprint density at radius 1 is 1.16 bits per heavy atom. The van der Waals surface area contributed by atoms with Gasteiger partial charge in [-0.15, -0.1) is 0 Å². The fourth-order valence-electron chi connectivity index (χ4n) is 3.84. The molecule has 1 saturated heterocycles. The van der Waals surface area contributed by atoms with Gasteiger partial charge < -0.3 is 14.2 Å². The summed E-state index contributed by atoms with van der Waals surface area (Å²) in [7, 11) is 0. The van der Waals surface area contributed by atoms with Gasteiger partial charge in [0, 0.05) is 17.1 Å². The first-order valence-corrected chi connectivity index (χ1v) is 10.5. The maximum Gasteiger partial charge on any atom is 0.256 e. The molecule has 1 amide bonds. The smallest absolute Gasteiger partial charge is 0.256 e. The minimum atomic E-state index is -0.133. The van der Waals surface area contributed by atoms with E-state index >= 15 is 0 Å². The van der Waals surface area contributed by atoms with Crippen molar-refractivity contribution in [1.82, 2.24) is 30.0 Å². The second-order valence-corrected chi connectivity index (χ2v) is 7.80. The van der Waals surface area contributed by atoms with Crippen molar-refractivity contribution in [2.45, 2.75) is 12.5 Å².